The monoisotopic (exact) mass is 213 g/mol. The second-order valence-electron chi connectivity index (χ2n) is 2.49. The molecular formula is C10H10ClO3. The number of halogens is 1. The highest BCUT2D eigenvalue weighted by Gasteiger charge is 2.05. The van der Waals surface area contributed by atoms with E-state index in [1.54, 1.807) is 18.2 Å². The van der Waals surface area contributed by atoms with Gasteiger partial charge < -0.3 is 9.47 Å². The third kappa shape index (κ3) is 2.92. The number of carbonyl (C=O) groups excluding carboxylic acids is 1. The zero-order valence-corrected chi connectivity index (χ0v) is 8.50. The van der Waals surface area contributed by atoms with Crippen LogP contribution in [0.2, 0.25) is 0 Å². The molecule has 0 aromatic heterocycles. The highest BCUT2D eigenvalue weighted by Crippen LogP contribution is 2.13. The zero-order chi connectivity index (χ0) is 10.4. The molecule has 0 aliphatic heterocycles. The van der Waals surface area contributed by atoms with Gasteiger partial charge in [0, 0.05) is 0 Å². The molecule has 0 aliphatic carbocycles. The molecule has 1 aromatic carbocycles. The van der Waals surface area contributed by atoms with Gasteiger partial charge in [-0.3, -0.25) is 0 Å². The number of hydrogen-bond acceptors (Lipinski definition) is 3. The topological polar surface area (TPSA) is 35.5 Å². The lowest BCUT2D eigenvalue weighted by Gasteiger charge is -2.04. The number of benzene rings is 1. The molecule has 1 aromatic rings. The van der Waals surface area contributed by atoms with E-state index in [0.29, 0.717) is 23.8 Å². The van der Waals surface area contributed by atoms with Crippen molar-refractivity contribution in [3.05, 3.63) is 29.8 Å². The molecule has 0 atom stereocenters. The van der Waals surface area contributed by atoms with Gasteiger partial charge in [0.25, 0.3) is 0 Å². The van der Waals surface area contributed by atoms with E-state index in [0.717, 1.165) is 0 Å². The van der Waals surface area contributed by atoms with Crippen molar-refractivity contribution in [2.75, 3.05) is 19.6 Å². The van der Waals surface area contributed by atoms with Crippen LogP contribution in [0.3, 0.4) is 0 Å². The average Bonchev–Trinajstić information content (AvgIpc) is 2.25. The summed E-state index contributed by atoms with van der Waals surface area (Å²) in [4.78, 5) is 11.1. The summed E-state index contributed by atoms with van der Waals surface area (Å²) in [7, 11) is 1.33. The number of esters is 1. The van der Waals surface area contributed by atoms with Gasteiger partial charge in [-0.25, -0.2) is 4.79 Å². The standard InChI is InChI=1S/C10H10ClO3/c1-13-10(12)8-3-2-4-9(7-8)14-6-5-11/h3-4,7H,5-6H2,1H3. The van der Waals surface area contributed by atoms with Crippen LogP contribution in [-0.2, 0) is 4.74 Å². The van der Waals surface area contributed by atoms with E-state index in [4.69, 9.17) is 16.3 Å². The highest BCUT2D eigenvalue weighted by molar-refractivity contribution is 6.18. The molecule has 1 rings (SSSR count). The number of methoxy groups -OCH3 is 1. The van der Waals surface area contributed by atoms with Crippen molar-refractivity contribution in [3.63, 3.8) is 0 Å². The summed E-state index contributed by atoms with van der Waals surface area (Å²) < 4.78 is 9.77. The van der Waals surface area contributed by atoms with Gasteiger partial charge in [0.2, 0.25) is 0 Å². The van der Waals surface area contributed by atoms with Crippen molar-refractivity contribution >= 4 is 17.6 Å². The van der Waals surface area contributed by atoms with Crippen molar-refractivity contribution in [2.24, 2.45) is 0 Å². The molecule has 14 heavy (non-hydrogen) atoms. The Balaban J connectivity index is 2.73. The van der Waals surface area contributed by atoms with Crippen molar-refractivity contribution in [1.29, 1.82) is 0 Å². The number of rotatable bonds is 4. The fourth-order valence-electron chi connectivity index (χ4n) is 0.926. The minimum Gasteiger partial charge on any atom is -0.492 e. The molecule has 0 fully saturated rings. The van der Waals surface area contributed by atoms with Gasteiger partial charge in [-0.15, -0.1) is 11.6 Å². The van der Waals surface area contributed by atoms with Crippen LogP contribution < -0.4 is 4.74 Å². The molecule has 0 heterocycles. The van der Waals surface area contributed by atoms with Crippen LogP contribution in [0, 0.1) is 6.07 Å². The molecule has 0 amide bonds. The lowest BCUT2D eigenvalue weighted by atomic mass is 10.2. The lowest BCUT2D eigenvalue weighted by Crippen LogP contribution is -2.03. The second kappa shape index (κ2) is 5.50. The SMILES string of the molecule is COC(=O)c1c[c]cc(OCCCl)c1. The molecule has 0 unspecified atom stereocenters. The molecule has 0 aliphatic rings. The first kappa shape index (κ1) is 10.9. The fourth-order valence-corrected chi connectivity index (χ4v) is 1.00. The number of alkyl halides is 1. The van der Waals surface area contributed by atoms with Crippen LogP contribution in [-0.4, -0.2) is 25.6 Å². The van der Waals surface area contributed by atoms with E-state index in [9.17, 15) is 4.79 Å². The Bertz CT molecular complexity index is 312. The molecule has 0 N–H and O–H groups in total. The molecule has 0 spiro atoms. The summed E-state index contributed by atoms with van der Waals surface area (Å²) in [6, 6.07) is 7.56. The maximum Gasteiger partial charge on any atom is 0.338 e. The molecule has 4 heteroatoms. The third-order valence-electron chi connectivity index (χ3n) is 1.53. The molecular weight excluding hydrogens is 204 g/mol. The van der Waals surface area contributed by atoms with E-state index >= 15 is 0 Å². The summed E-state index contributed by atoms with van der Waals surface area (Å²) in [5.41, 5.74) is 0.416. The Morgan fingerprint density at radius 3 is 3.00 bits per heavy atom. The molecule has 1 radical (unpaired) electrons. The Hall–Kier alpha value is -1.22. The maximum atomic E-state index is 11.1. The van der Waals surface area contributed by atoms with Crippen LogP contribution in [0.15, 0.2) is 18.2 Å². The van der Waals surface area contributed by atoms with Crippen LogP contribution in [0.4, 0.5) is 0 Å². The fraction of sp³-hybridized carbons (Fsp3) is 0.300. The van der Waals surface area contributed by atoms with E-state index in [1.807, 2.05) is 0 Å². The first-order valence-corrected chi connectivity index (χ1v) is 4.59. The van der Waals surface area contributed by atoms with Crippen LogP contribution >= 0.6 is 11.6 Å². The number of hydrogen-bond donors (Lipinski definition) is 0. The Morgan fingerprint density at radius 1 is 1.57 bits per heavy atom. The molecule has 0 saturated carbocycles. The van der Waals surface area contributed by atoms with Gasteiger partial charge >= 0.3 is 5.97 Å². The van der Waals surface area contributed by atoms with Crippen molar-refractivity contribution in [3.8, 4) is 5.75 Å². The smallest absolute Gasteiger partial charge is 0.338 e. The minimum atomic E-state index is -0.405. The molecule has 0 saturated heterocycles. The van der Waals surface area contributed by atoms with E-state index in [1.165, 1.54) is 7.11 Å². The largest absolute Gasteiger partial charge is 0.492 e. The van der Waals surface area contributed by atoms with Gasteiger partial charge in [-0.05, 0) is 24.3 Å². The van der Waals surface area contributed by atoms with Gasteiger partial charge in [0.15, 0.2) is 0 Å². The summed E-state index contributed by atoms with van der Waals surface area (Å²) in [6.07, 6.45) is 0. The summed E-state index contributed by atoms with van der Waals surface area (Å²) in [6.45, 7) is 0.403. The van der Waals surface area contributed by atoms with Gasteiger partial charge in [-0.1, -0.05) is 0 Å². The Labute approximate surface area is 87.6 Å². The maximum absolute atomic E-state index is 11.1. The Kier molecular flexibility index (Phi) is 4.26. The van der Waals surface area contributed by atoms with Crippen LogP contribution in [0.25, 0.3) is 0 Å². The normalized spacial score (nSPS) is 9.57. The average molecular weight is 214 g/mol. The minimum absolute atomic E-state index is 0.403. The van der Waals surface area contributed by atoms with Crippen LogP contribution in [0.1, 0.15) is 10.4 Å². The van der Waals surface area contributed by atoms with Crippen LogP contribution in [0.5, 0.6) is 5.75 Å². The zero-order valence-electron chi connectivity index (χ0n) is 7.75. The third-order valence-corrected chi connectivity index (χ3v) is 1.68. The predicted octanol–water partition coefficient (Wildman–Crippen LogP) is 1.89. The quantitative estimate of drug-likeness (QED) is 0.566. The first-order valence-electron chi connectivity index (χ1n) is 4.06. The van der Waals surface area contributed by atoms with Crippen molar-refractivity contribution in [1.82, 2.24) is 0 Å². The van der Waals surface area contributed by atoms with Crippen molar-refractivity contribution < 1.29 is 14.3 Å². The van der Waals surface area contributed by atoms with Gasteiger partial charge in [0.05, 0.1) is 18.6 Å². The summed E-state index contributed by atoms with van der Waals surface area (Å²) in [5, 5.41) is 0. The predicted molar refractivity (Wildman–Crippen MR) is 52.8 cm³/mol. The lowest BCUT2D eigenvalue weighted by molar-refractivity contribution is 0.0600. The number of carbonyl (C=O) groups is 1. The first-order chi connectivity index (χ1) is 6.77. The summed E-state index contributed by atoms with van der Waals surface area (Å²) >= 11 is 5.45. The second-order valence-corrected chi connectivity index (χ2v) is 2.86. The molecule has 75 valence electrons. The van der Waals surface area contributed by atoms with Crippen molar-refractivity contribution in [2.45, 2.75) is 0 Å². The van der Waals surface area contributed by atoms with Gasteiger partial charge in [-0.2, -0.15) is 0 Å². The van der Waals surface area contributed by atoms with E-state index in [2.05, 4.69) is 10.8 Å². The summed E-state index contributed by atoms with van der Waals surface area (Å²) in [5.74, 6) is 0.564. The molecule has 0 bridgehead atoms. The van der Waals surface area contributed by atoms with E-state index in [-0.39, 0.29) is 0 Å². The van der Waals surface area contributed by atoms with E-state index < -0.39 is 5.97 Å². The number of ether oxygens (including phenoxy) is 2. The molecule has 3 nitrogen and oxygen atoms in total. The Morgan fingerprint density at radius 2 is 2.36 bits per heavy atom. The highest BCUT2D eigenvalue weighted by atomic mass is 35.5. The van der Waals surface area contributed by atoms with Gasteiger partial charge in [0.1, 0.15) is 12.4 Å².